The number of nitrogens with two attached hydrogens (primary N) is 1. The Morgan fingerprint density at radius 2 is 1.50 bits per heavy atom. The Hall–Kier alpha value is -2.61. The van der Waals surface area contributed by atoms with Gasteiger partial charge in [0.05, 0.1) is 6.04 Å². The second-order valence-corrected chi connectivity index (χ2v) is 7.73. The van der Waals surface area contributed by atoms with Crippen LogP contribution in [0.1, 0.15) is 39.7 Å². The molecule has 0 aliphatic heterocycles. The molecule has 1 rings (SSSR count). The van der Waals surface area contributed by atoms with E-state index >= 15 is 0 Å². The largest absolute Gasteiger partial charge is 0.508 e. The van der Waals surface area contributed by atoms with Crippen LogP contribution in [0.25, 0.3) is 0 Å². The third-order valence-electron chi connectivity index (χ3n) is 4.35. The van der Waals surface area contributed by atoms with Gasteiger partial charge in [-0.3, -0.25) is 9.59 Å². The van der Waals surface area contributed by atoms with Gasteiger partial charge in [0, 0.05) is 6.42 Å². The highest BCUT2D eigenvalue weighted by Crippen LogP contribution is 2.12. The fourth-order valence-corrected chi connectivity index (χ4v) is 2.61. The molecule has 0 saturated carbocycles. The standard InChI is InChI=1S/C20H31N3O5/c1-11(2)9-16(20(27)28)23-18(25)15(22-19(26)17(21)12(3)4)10-13-5-7-14(24)8-6-13/h5-8,11-12,15-17,24H,9-10,21H2,1-4H3,(H,22,26)(H,23,25)(H,27,28). The van der Waals surface area contributed by atoms with Gasteiger partial charge in [0.1, 0.15) is 17.8 Å². The fourth-order valence-electron chi connectivity index (χ4n) is 2.61. The first-order valence-electron chi connectivity index (χ1n) is 9.38. The van der Waals surface area contributed by atoms with E-state index < -0.39 is 35.9 Å². The van der Waals surface area contributed by atoms with Crippen LogP contribution in [-0.4, -0.2) is 46.1 Å². The van der Waals surface area contributed by atoms with E-state index in [2.05, 4.69) is 10.6 Å². The quantitative estimate of drug-likeness (QED) is 0.402. The summed E-state index contributed by atoms with van der Waals surface area (Å²) in [4.78, 5) is 36.6. The molecule has 0 spiro atoms. The Morgan fingerprint density at radius 1 is 0.964 bits per heavy atom. The lowest BCUT2D eigenvalue weighted by atomic mass is 10.00. The second-order valence-electron chi connectivity index (χ2n) is 7.73. The van der Waals surface area contributed by atoms with Crippen LogP contribution in [0.3, 0.4) is 0 Å². The molecule has 3 atom stereocenters. The molecule has 8 heteroatoms. The Kier molecular flexibility index (Phi) is 8.91. The molecule has 0 aliphatic carbocycles. The van der Waals surface area contributed by atoms with Gasteiger partial charge in [-0.05, 0) is 36.0 Å². The summed E-state index contributed by atoms with van der Waals surface area (Å²) in [5.74, 6) is -2.17. The Balaban J connectivity index is 2.99. The maximum atomic E-state index is 12.8. The van der Waals surface area contributed by atoms with Crippen LogP contribution < -0.4 is 16.4 Å². The van der Waals surface area contributed by atoms with E-state index in [0.717, 1.165) is 0 Å². The van der Waals surface area contributed by atoms with Crippen molar-refractivity contribution in [2.45, 2.75) is 58.7 Å². The molecule has 0 radical (unpaired) electrons. The lowest BCUT2D eigenvalue weighted by Crippen LogP contribution is -2.56. The molecule has 28 heavy (non-hydrogen) atoms. The van der Waals surface area contributed by atoms with Crippen molar-refractivity contribution in [3.63, 3.8) is 0 Å². The molecule has 0 saturated heterocycles. The minimum Gasteiger partial charge on any atom is -0.508 e. The zero-order valence-electron chi connectivity index (χ0n) is 16.8. The number of hydrogen-bond acceptors (Lipinski definition) is 5. The summed E-state index contributed by atoms with van der Waals surface area (Å²) in [6.07, 6.45) is 0.406. The molecular weight excluding hydrogens is 362 g/mol. The molecule has 0 aliphatic rings. The molecule has 0 heterocycles. The van der Waals surface area contributed by atoms with Gasteiger partial charge < -0.3 is 26.6 Å². The molecule has 6 N–H and O–H groups in total. The Labute approximate surface area is 165 Å². The van der Waals surface area contributed by atoms with E-state index in [1.807, 2.05) is 13.8 Å². The van der Waals surface area contributed by atoms with E-state index in [4.69, 9.17) is 5.73 Å². The van der Waals surface area contributed by atoms with Crippen molar-refractivity contribution in [2.75, 3.05) is 0 Å². The van der Waals surface area contributed by atoms with Crippen molar-refractivity contribution in [3.8, 4) is 5.75 Å². The minimum absolute atomic E-state index is 0.0703. The van der Waals surface area contributed by atoms with Crippen LogP contribution in [-0.2, 0) is 20.8 Å². The zero-order valence-corrected chi connectivity index (χ0v) is 16.8. The smallest absolute Gasteiger partial charge is 0.326 e. The topological polar surface area (TPSA) is 142 Å². The van der Waals surface area contributed by atoms with Crippen molar-refractivity contribution in [2.24, 2.45) is 17.6 Å². The summed E-state index contributed by atoms with van der Waals surface area (Å²) < 4.78 is 0. The first-order chi connectivity index (χ1) is 13.0. The zero-order chi connectivity index (χ0) is 21.4. The van der Waals surface area contributed by atoms with Crippen LogP contribution in [0, 0.1) is 11.8 Å². The Morgan fingerprint density at radius 3 is 1.96 bits per heavy atom. The first-order valence-corrected chi connectivity index (χ1v) is 9.38. The monoisotopic (exact) mass is 393 g/mol. The summed E-state index contributed by atoms with van der Waals surface area (Å²) in [7, 11) is 0. The van der Waals surface area contributed by atoms with Crippen molar-refractivity contribution >= 4 is 17.8 Å². The molecule has 0 fully saturated rings. The summed E-state index contributed by atoms with van der Waals surface area (Å²) in [6.45, 7) is 7.31. The molecule has 1 aromatic carbocycles. The van der Waals surface area contributed by atoms with Gasteiger partial charge >= 0.3 is 5.97 Å². The molecule has 8 nitrogen and oxygen atoms in total. The van der Waals surface area contributed by atoms with Crippen molar-refractivity contribution in [1.29, 1.82) is 0 Å². The number of carboxylic acids is 1. The highest BCUT2D eigenvalue weighted by molar-refractivity contribution is 5.92. The number of amides is 2. The van der Waals surface area contributed by atoms with Crippen molar-refractivity contribution in [3.05, 3.63) is 29.8 Å². The molecule has 3 unspecified atom stereocenters. The molecule has 0 bridgehead atoms. The third-order valence-corrected chi connectivity index (χ3v) is 4.35. The van der Waals surface area contributed by atoms with E-state index in [9.17, 15) is 24.6 Å². The van der Waals surface area contributed by atoms with E-state index in [1.54, 1.807) is 26.0 Å². The van der Waals surface area contributed by atoms with Gasteiger partial charge in [0.25, 0.3) is 0 Å². The van der Waals surface area contributed by atoms with Gasteiger partial charge in [-0.25, -0.2) is 4.79 Å². The summed E-state index contributed by atoms with van der Waals surface area (Å²) >= 11 is 0. The van der Waals surface area contributed by atoms with E-state index in [0.29, 0.717) is 5.56 Å². The minimum atomic E-state index is -1.13. The molecule has 156 valence electrons. The number of phenolic OH excluding ortho intramolecular Hbond substituents is 1. The maximum absolute atomic E-state index is 12.8. The number of carboxylic acid groups (broad SMARTS) is 1. The first kappa shape index (κ1) is 23.4. The van der Waals surface area contributed by atoms with Crippen LogP contribution >= 0.6 is 0 Å². The number of carbonyl (C=O) groups is 3. The number of carbonyl (C=O) groups excluding carboxylic acids is 2. The van der Waals surface area contributed by atoms with Crippen LogP contribution in [0.4, 0.5) is 0 Å². The number of aliphatic carboxylic acids is 1. The maximum Gasteiger partial charge on any atom is 0.326 e. The van der Waals surface area contributed by atoms with Gasteiger partial charge in [-0.2, -0.15) is 0 Å². The average molecular weight is 393 g/mol. The van der Waals surface area contributed by atoms with Gasteiger partial charge in [-0.1, -0.05) is 39.8 Å². The number of nitrogens with one attached hydrogen (secondary N) is 2. The Bertz CT molecular complexity index is 673. The normalized spacial score (nSPS) is 14.4. The van der Waals surface area contributed by atoms with Gasteiger partial charge in [0.2, 0.25) is 11.8 Å². The number of hydrogen-bond donors (Lipinski definition) is 5. The van der Waals surface area contributed by atoms with E-state index in [1.165, 1.54) is 12.1 Å². The second kappa shape index (κ2) is 10.7. The fraction of sp³-hybridized carbons (Fsp3) is 0.550. The third kappa shape index (κ3) is 7.56. The average Bonchev–Trinajstić information content (AvgIpc) is 2.60. The van der Waals surface area contributed by atoms with Crippen LogP contribution in [0.15, 0.2) is 24.3 Å². The van der Waals surface area contributed by atoms with Gasteiger partial charge in [0.15, 0.2) is 0 Å². The highest BCUT2D eigenvalue weighted by atomic mass is 16.4. The predicted octanol–water partition coefficient (Wildman–Crippen LogP) is 1.02. The molecular formula is C20H31N3O5. The van der Waals surface area contributed by atoms with E-state index in [-0.39, 0.29) is 30.4 Å². The summed E-state index contributed by atoms with van der Waals surface area (Å²) in [5, 5.41) is 23.9. The predicted molar refractivity (Wildman–Crippen MR) is 106 cm³/mol. The number of phenols is 1. The molecule has 0 aromatic heterocycles. The number of aromatic hydroxyl groups is 1. The van der Waals surface area contributed by atoms with Crippen molar-refractivity contribution < 1.29 is 24.6 Å². The van der Waals surface area contributed by atoms with Crippen LogP contribution in [0.5, 0.6) is 5.75 Å². The summed E-state index contributed by atoms with van der Waals surface area (Å²) in [6, 6.07) is 3.39. The lowest BCUT2D eigenvalue weighted by Gasteiger charge is -2.24. The SMILES string of the molecule is CC(C)CC(NC(=O)C(Cc1ccc(O)cc1)NC(=O)C(N)C(C)C)C(=O)O. The number of rotatable bonds is 10. The van der Waals surface area contributed by atoms with Crippen LogP contribution in [0.2, 0.25) is 0 Å². The lowest BCUT2D eigenvalue weighted by molar-refractivity contribution is -0.142. The van der Waals surface area contributed by atoms with Crippen molar-refractivity contribution in [1.82, 2.24) is 10.6 Å². The molecule has 2 amide bonds. The summed E-state index contributed by atoms with van der Waals surface area (Å²) in [5.41, 5.74) is 6.57. The van der Waals surface area contributed by atoms with Gasteiger partial charge in [-0.15, -0.1) is 0 Å². The highest BCUT2D eigenvalue weighted by Gasteiger charge is 2.29. The number of benzene rings is 1. The molecule has 1 aromatic rings.